The van der Waals surface area contributed by atoms with Crippen molar-refractivity contribution in [1.29, 1.82) is 0 Å². The molecule has 0 saturated carbocycles. The van der Waals surface area contributed by atoms with Gasteiger partial charge in [0.05, 0.1) is 0 Å². The Hall–Kier alpha value is -0.120. The van der Waals surface area contributed by atoms with Crippen LogP contribution < -0.4 is 11.1 Å². The summed E-state index contributed by atoms with van der Waals surface area (Å²) < 4.78 is 0. The number of hydrogen-bond donors (Lipinski definition) is 2. The van der Waals surface area contributed by atoms with Gasteiger partial charge in [0.2, 0.25) is 0 Å². The maximum absolute atomic E-state index is 5.03. The summed E-state index contributed by atoms with van der Waals surface area (Å²) in [5.41, 5.74) is 5.03. The van der Waals surface area contributed by atoms with Gasteiger partial charge in [-0.3, -0.25) is 0 Å². The Bertz CT molecular complexity index is 72.1. The summed E-state index contributed by atoms with van der Waals surface area (Å²) in [5.74, 6) is 0. The molecule has 0 fully saturated rings. The Labute approximate surface area is 120 Å². The van der Waals surface area contributed by atoms with Crippen LogP contribution in [0.5, 0.6) is 0 Å². The molecule has 0 rings (SSSR count). The smallest absolute Gasteiger partial charge is 0.00275 e. The Kier molecular flexibility index (Phi) is 87.5. The topological polar surface area (TPSA) is 41.3 Å². The SMILES string of the molecule is C.C.C.CCCN.CCCN(C)C.CCCNC. The average molecular weight is 268 g/mol. The highest BCUT2D eigenvalue weighted by molar-refractivity contribution is 4.34. The Morgan fingerprint density at radius 2 is 1.28 bits per heavy atom. The van der Waals surface area contributed by atoms with Crippen molar-refractivity contribution >= 4 is 0 Å². The molecular weight excluding hydrogens is 222 g/mol. The molecule has 0 radical (unpaired) electrons. The van der Waals surface area contributed by atoms with Crippen molar-refractivity contribution in [3.05, 3.63) is 0 Å². The largest absolute Gasteiger partial charge is 0.330 e. The number of rotatable bonds is 5. The van der Waals surface area contributed by atoms with E-state index in [0.29, 0.717) is 0 Å². The highest BCUT2D eigenvalue weighted by Gasteiger charge is 1.79. The molecule has 120 valence electrons. The second-order valence-corrected chi connectivity index (χ2v) is 3.70. The maximum Gasteiger partial charge on any atom is -0.00275 e. The fraction of sp³-hybridized carbons (Fsp3) is 1.00. The number of nitrogens with one attached hydrogen (secondary N) is 1. The van der Waals surface area contributed by atoms with Crippen molar-refractivity contribution in [2.24, 2.45) is 5.73 Å². The molecular formula is C15H45N3. The van der Waals surface area contributed by atoms with Crippen LogP contribution in [0.15, 0.2) is 0 Å². The van der Waals surface area contributed by atoms with Crippen LogP contribution in [0.3, 0.4) is 0 Å². The molecule has 3 heteroatoms. The molecule has 3 N–H and O–H groups in total. The summed E-state index contributed by atoms with van der Waals surface area (Å²) in [6.45, 7) is 9.55. The van der Waals surface area contributed by atoms with Crippen LogP contribution in [0.25, 0.3) is 0 Å². The second-order valence-electron chi connectivity index (χ2n) is 3.70. The minimum atomic E-state index is 0. The lowest BCUT2D eigenvalue weighted by Crippen LogP contribution is -2.11. The Morgan fingerprint density at radius 3 is 1.28 bits per heavy atom. The van der Waals surface area contributed by atoms with E-state index in [4.69, 9.17) is 5.73 Å². The quantitative estimate of drug-likeness (QED) is 0.795. The molecule has 0 aromatic heterocycles. The number of hydrogen-bond acceptors (Lipinski definition) is 3. The van der Waals surface area contributed by atoms with E-state index in [1.165, 1.54) is 19.4 Å². The third-order valence-corrected chi connectivity index (χ3v) is 1.46. The molecule has 0 spiro atoms. The van der Waals surface area contributed by atoms with E-state index < -0.39 is 0 Å². The van der Waals surface area contributed by atoms with Gasteiger partial charge in [-0.1, -0.05) is 43.1 Å². The third kappa shape index (κ3) is 102. The van der Waals surface area contributed by atoms with Crippen molar-refractivity contribution in [1.82, 2.24) is 10.2 Å². The molecule has 0 aliphatic carbocycles. The average Bonchev–Trinajstić information content (AvgIpc) is 2.20. The zero-order chi connectivity index (χ0) is 12.5. The lowest BCUT2D eigenvalue weighted by molar-refractivity contribution is 0.408. The summed E-state index contributed by atoms with van der Waals surface area (Å²) in [6.07, 6.45) is 3.59. The lowest BCUT2D eigenvalue weighted by Gasteiger charge is -2.03. The first-order valence-corrected chi connectivity index (χ1v) is 6.09. The van der Waals surface area contributed by atoms with Gasteiger partial charge in [-0.2, -0.15) is 0 Å². The molecule has 0 amide bonds. The molecule has 0 aromatic carbocycles. The van der Waals surface area contributed by atoms with Gasteiger partial charge in [-0.25, -0.2) is 0 Å². The minimum Gasteiger partial charge on any atom is -0.330 e. The summed E-state index contributed by atoms with van der Waals surface area (Å²) in [4.78, 5) is 2.18. The summed E-state index contributed by atoms with van der Waals surface area (Å²) in [6, 6.07) is 0. The van der Waals surface area contributed by atoms with Crippen LogP contribution in [-0.4, -0.2) is 45.7 Å². The van der Waals surface area contributed by atoms with Crippen molar-refractivity contribution < 1.29 is 0 Å². The van der Waals surface area contributed by atoms with Gasteiger partial charge in [0.15, 0.2) is 0 Å². The second kappa shape index (κ2) is 43.6. The van der Waals surface area contributed by atoms with E-state index in [9.17, 15) is 0 Å². The highest BCUT2D eigenvalue weighted by atomic mass is 15.0. The molecule has 0 aliphatic heterocycles. The highest BCUT2D eigenvalue weighted by Crippen LogP contribution is 1.76. The van der Waals surface area contributed by atoms with Crippen LogP contribution in [0.1, 0.15) is 62.3 Å². The zero-order valence-electron chi connectivity index (χ0n) is 11.8. The van der Waals surface area contributed by atoms with E-state index in [2.05, 4.69) is 45.1 Å². The van der Waals surface area contributed by atoms with Crippen LogP contribution in [0.2, 0.25) is 0 Å². The van der Waals surface area contributed by atoms with Gasteiger partial charge >= 0.3 is 0 Å². The first kappa shape index (κ1) is 36.1. The first-order chi connectivity index (χ1) is 7.10. The lowest BCUT2D eigenvalue weighted by atomic mass is 10.5. The number of nitrogens with two attached hydrogens (primary N) is 1. The molecule has 0 atom stereocenters. The molecule has 0 aromatic rings. The van der Waals surface area contributed by atoms with Crippen LogP contribution >= 0.6 is 0 Å². The van der Waals surface area contributed by atoms with E-state index in [1.54, 1.807) is 0 Å². The van der Waals surface area contributed by atoms with Gasteiger partial charge < -0.3 is 16.0 Å². The van der Waals surface area contributed by atoms with Crippen molar-refractivity contribution in [3.8, 4) is 0 Å². The third-order valence-electron chi connectivity index (χ3n) is 1.46. The van der Waals surface area contributed by atoms with E-state index >= 15 is 0 Å². The molecule has 3 nitrogen and oxygen atoms in total. The van der Waals surface area contributed by atoms with Gasteiger partial charge in [0, 0.05) is 0 Å². The van der Waals surface area contributed by atoms with Gasteiger partial charge in [0.1, 0.15) is 0 Å². The molecule has 18 heavy (non-hydrogen) atoms. The fourth-order valence-electron chi connectivity index (χ4n) is 0.697. The first-order valence-electron chi connectivity index (χ1n) is 6.09. The van der Waals surface area contributed by atoms with Gasteiger partial charge in [0.25, 0.3) is 0 Å². The standard InChI is InChI=1S/C5H13N.C4H11N.C3H9N.3CH4/c1-4-5-6(2)3;1-3-4-5-2;1-2-3-4;;;/h4-5H2,1-3H3;5H,3-4H2,1-2H3;2-4H2,1H3;3*1H4. The van der Waals surface area contributed by atoms with E-state index in [1.807, 2.05) is 7.05 Å². The molecule has 0 unspecified atom stereocenters. The predicted molar refractivity (Wildman–Crippen MR) is 92.6 cm³/mol. The molecule has 0 saturated heterocycles. The Morgan fingerprint density at radius 1 is 0.889 bits per heavy atom. The van der Waals surface area contributed by atoms with Gasteiger partial charge in [-0.15, -0.1) is 0 Å². The van der Waals surface area contributed by atoms with Crippen molar-refractivity contribution in [2.75, 3.05) is 40.8 Å². The molecule has 0 aliphatic rings. The summed E-state index contributed by atoms with van der Waals surface area (Å²) >= 11 is 0. The zero-order valence-corrected chi connectivity index (χ0v) is 11.8. The monoisotopic (exact) mass is 267 g/mol. The molecule has 0 heterocycles. The van der Waals surface area contributed by atoms with Crippen LogP contribution in [0, 0.1) is 0 Å². The predicted octanol–water partition coefficient (Wildman–Crippen LogP) is 3.84. The van der Waals surface area contributed by atoms with E-state index in [0.717, 1.165) is 19.5 Å². The van der Waals surface area contributed by atoms with E-state index in [-0.39, 0.29) is 22.3 Å². The summed E-state index contributed by atoms with van der Waals surface area (Å²) in [5, 5.41) is 3.02. The molecule has 0 bridgehead atoms. The fourth-order valence-corrected chi connectivity index (χ4v) is 0.697. The normalized spacial score (nSPS) is 7.33. The van der Waals surface area contributed by atoms with Gasteiger partial charge in [-0.05, 0) is 60.0 Å². The van der Waals surface area contributed by atoms with Crippen molar-refractivity contribution in [3.63, 3.8) is 0 Å². The minimum absolute atomic E-state index is 0. The maximum atomic E-state index is 5.03. The number of nitrogens with zero attached hydrogens (tertiary/aromatic N) is 1. The van der Waals surface area contributed by atoms with Crippen LogP contribution in [0.4, 0.5) is 0 Å². The van der Waals surface area contributed by atoms with Crippen LogP contribution in [-0.2, 0) is 0 Å². The Balaban J connectivity index is -0.0000000282. The summed E-state index contributed by atoms with van der Waals surface area (Å²) in [7, 11) is 6.14. The van der Waals surface area contributed by atoms with Crippen molar-refractivity contribution in [2.45, 2.75) is 62.3 Å².